The molecule has 0 aliphatic carbocycles. The number of hydrogen-bond acceptors (Lipinski definition) is 3. The van der Waals surface area contributed by atoms with Crippen LogP contribution >= 0.6 is 24.0 Å². The Labute approximate surface area is 183 Å². The molecule has 2 aromatic rings. The molecule has 1 aliphatic heterocycles. The largest absolute Gasteiger partial charge is 0.352 e. The number of rotatable bonds is 4. The predicted molar refractivity (Wildman–Crippen MR) is 122 cm³/mol. The maximum Gasteiger partial charge on any atom is 0.242 e. The van der Waals surface area contributed by atoms with Crippen LogP contribution < -0.4 is 10.6 Å². The van der Waals surface area contributed by atoms with Crippen molar-refractivity contribution in [2.75, 3.05) is 20.1 Å². The van der Waals surface area contributed by atoms with E-state index in [0.29, 0.717) is 19.0 Å². The summed E-state index contributed by atoms with van der Waals surface area (Å²) in [6.45, 7) is 6.33. The molecule has 0 saturated heterocycles. The van der Waals surface area contributed by atoms with Gasteiger partial charge in [-0.2, -0.15) is 5.10 Å². The summed E-state index contributed by atoms with van der Waals surface area (Å²) >= 11 is 0. The molecule has 0 fully saturated rings. The number of halogens is 1. The van der Waals surface area contributed by atoms with E-state index in [-0.39, 0.29) is 36.4 Å². The second-order valence-electron chi connectivity index (χ2n) is 6.89. The Balaban J connectivity index is 0.00000280. The summed E-state index contributed by atoms with van der Waals surface area (Å²) in [6.07, 6.45) is 0.911. The summed E-state index contributed by atoms with van der Waals surface area (Å²) < 4.78 is 1.88. The molecule has 152 valence electrons. The summed E-state index contributed by atoms with van der Waals surface area (Å²) in [5.41, 5.74) is 5.86. The van der Waals surface area contributed by atoms with Gasteiger partial charge in [0.15, 0.2) is 5.96 Å². The number of aryl methyl sites for hydroxylation is 2. The molecule has 8 heteroatoms. The van der Waals surface area contributed by atoms with Gasteiger partial charge in [0.25, 0.3) is 0 Å². The standard InChI is InChI=1S/C20H28N6O.HI/c1-14-18(15(2)25(4)24-14)11-22-20(21-3)23-12-19(27)26-10-9-16-7-5-6-8-17(16)13-26;/h5-8H,9-13H2,1-4H3,(H2,21,22,23);1H. The van der Waals surface area contributed by atoms with Gasteiger partial charge in [0.1, 0.15) is 0 Å². The van der Waals surface area contributed by atoms with Crippen LogP contribution in [0.15, 0.2) is 29.3 Å². The van der Waals surface area contributed by atoms with E-state index in [4.69, 9.17) is 0 Å². The van der Waals surface area contributed by atoms with Gasteiger partial charge < -0.3 is 15.5 Å². The fourth-order valence-corrected chi connectivity index (χ4v) is 3.45. The molecule has 0 spiro atoms. The van der Waals surface area contributed by atoms with E-state index in [1.807, 2.05) is 36.5 Å². The summed E-state index contributed by atoms with van der Waals surface area (Å²) in [6, 6.07) is 8.32. The fourth-order valence-electron chi connectivity index (χ4n) is 3.45. The van der Waals surface area contributed by atoms with Gasteiger partial charge in [-0.25, -0.2) is 0 Å². The molecular formula is C20H29IN6O. The number of hydrogen-bond donors (Lipinski definition) is 2. The summed E-state index contributed by atoms with van der Waals surface area (Å²) in [5, 5.41) is 10.8. The molecule has 7 nitrogen and oxygen atoms in total. The molecule has 0 unspecified atom stereocenters. The zero-order valence-electron chi connectivity index (χ0n) is 17.0. The van der Waals surface area contributed by atoms with E-state index in [0.717, 1.165) is 29.9 Å². The third-order valence-electron chi connectivity index (χ3n) is 5.21. The smallest absolute Gasteiger partial charge is 0.242 e. The van der Waals surface area contributed by atoms with Crippen molar-refractivity contribution in [3.05, 3.63) is 52.3 Å². The summed E-state index contributed by atoms with van der Waals surface area (Å²) in [7, 11) is 3.65. The Morgan fingerprint density at radius 2 is 1.93 bits per heavy atom. The van der Waals surface area contributed by atoms with Crippen LogP contribution in [0.25, 0.3) is 0 Å². The number of aromatic nitrogens is 2. The quantitative estimate of drug-likeness (QED) is 0.386. The fraction of sp³-hybridized carbons (Fsp3) is 0.450. The van der Waals surface area contributed by atoms with E-state index in [1.165, 1.54) is 11.1 Å². The molecule has 1 amide bonds. The number of nitrogens with one attached hydrogen (secondary N) is 2. The van der Waals surface area contributed by atoms with Gasteiger partial charge in [-0.3, -0.25) is 14.5 Å². The van der Waals surface area contributed by atoms with Crippen molar-refractivity contribution in [3.63, 3.8) is 0 Å². The molecule has 0 atom stereocenters. The van der Waals surface area contributed by atoms with Gasteiger partial charge in [0.2, 0.25) is 5.91 Å². The Kier molecular flexibility index (Phi) is 7.85. The third-order valence-corrected chi connectivity index (χ3v) is 5.21. The van der Waals surface area contributed by atoms with E-state index >= 15 is 0 Å². The first-order valence-electron chi connectivity index (χ1n) is 9.27. The zero-order chi connectivity index (χ0) is 19.4. The SMILES string of the molecule is CN=C(NCC(=O)N1CCc2ccccc2C1)NCc1c(C)nn(C)c1C.I. The minimum atomic E-state index is 0. The second kappa shape index (κ2) is 9.90. The monoisotopic (exact) mass is 496 g/mol. The van der Waals surface area contributed by atoms with Crippen LogP contribution in [-0.4, -0.2) is 46.7 Å². The van der Waals surface area contributed by atoms with Gasteiger partial charge in [0.05, 0.1) is 12.2 Å². The van der Waals surface area contributed by atoms with E-state index in [9.17, 15) is 4.79 Å². The number of amides is 1. The number of carbonyl (C=O) groups is 1. The summed E-state index contributed by atoms with van der Waals surface area (Å²) in [5.74, 6) is 0.699. The van der Waals surface area contributed by atoms with Gasteiger partial charge in [-0.05, 0) is 31.4 Å². The second-order valence-corrected chi connectivity index (χ2v) is 6.89. The molecule has 1 aromatic heterocycles. The molecule has 0 saturated carbocycles. The van der Waals surface area contributed by atoms with Crippen molar-refractivity contribution in [1.29, 1.82) is 0 Å². The Morgan fingerprint density at radius 3 is 2.57 bits per heavy atom. The molecular weight excluding hydrogens is 467 g/mol. The molecule has 0 bridgehead atoms. The first-order valence-corrected chi connectivity index (χ1v) is 9.27. The third kappa shape index (κ3) is 5.03. The Morgan fingerprint density at radius 1 is 1.21 bits per heavy atom. The first kappa shape index (κ1) is 22.2. The van der Waals surface area contributed by atoms with Crippen LogP contribution in [0, 0.1) is 13.8 Å². The molecule has 2 N–H and O–H groups in total. The topological polar surface area (TPSA) is 74.6 Å². The van der Waals surface area contributed by atoms with Crippen LogP contribution in [0.2, 0.25) is 0 Å². The highest BCUT2D eigenvalue weighted by Gasteiger charge is 2.20. The van der Waals surface area contributed by atoms with Crippen LogP contribution in [0.4, 0.5) is 0 Å². The number of carbonyl (C=O) groups excluding carboxylic acids is 1. The van der Waals surface area contributed by atoms with Gasteiger partial charge in [0, 0.05) is 45.0 Å². The normalized spacial score (nSPS) is 13.6. The van der Waals surface area contributed by atoms with Gasteiger partial charge in [-0.15, -0.1) is 24.0 Å². The minimum Gasteiger partial charge on any atom is -0.352 e. The molecule has 3 rings (SSSR count). The highest BCUT2D eigenvalue weighted by molar-refractivity contribution is 14.0. The van der Waals surface area contributed by atoms with Crippen LogP contribution in [0.3, 0.4) is 0 Å². The maximum absolute atomic E-state index is 12.6. The van der Waals surface area contributed by atoms with Crippen molar-refractivity contribution in [2.45, 2.75) is 33.4 Å². The van der Waals surface area contributed by atoms with E-state index < -0.39 is 0 Å². The number of aliphatic imine (C=N–C) groups is 1. The van der Waals surface area contributed by atoms with E-state index in [1.54, 1.807) is 7.05 Å². The lowest BCUT2D eigenvalue weighted by molar-refractivity contribution is -0.130. The predicted octanol–water partition coefficient (Wildman–Crippen LogP) is 1.90. The van der Waals surface area contributed by atoms with Gasteiger partial charge in [-0.1, -0.05) is 24.3 Å². The van der Waals surface area contributed by atoms with Crippen molar-refractivity contribution in [1.82, 2.24) is 25.3 Å². The van der Waals surface area contributed by atoms with E-state index in [2.05, 4.69) is 38.9 Å². The Hall–Kier alpha value is -2.10. The van der Waals surface area contributed by atoms with Crippen molar-refractivity contribution >= 4 is 35.8 Å². The lowest BCUT2D eigenvalue weighted by Crippen LogP contribution is -2.45. The average Bonchev–Trinajstić information content (AvgIpc) is 2.93. The molecule has 28 heavy (non-hydrogen) atoms. The number of nitrogens with zero attached hydrogens (tertiary/aromatic N) is 4. The number of benzene rings is 1. The van der Waals surface area contributed by atoms with Crippen LogP contribution in [-0.2, 0) is 31.4 Å². The van der Waals surface area contributed by atoms with Crippen molar-refractivity contribution < 1.29 is 4.79 Å². The lowest BCUT2D eigenvalue weighted by atomic mass is 10.00. The lowest BCUT2D eigenvalue weighted by Gasteiger charge is -2.29. The first-order chi connectivity index (χ1) is 13.0. The maximum atomic E-state index is 12.6. The molecule has 0 radical (unpaired) electrons. The minimum absolute atomic E-state index is 0. The molecule has 2 heterocycles. The highest BCUT2D eigenvalue weighted by atomic mass is 127. The molecule has 1 aromatic carbocycles. The van der Waals surface area contributed by atoms with Crippen molar-refractivity contribution in [2.24, 2.45) is 12.0 Å². The number of fused-ring (bicyclic) bond motifs is 1. The molecule has 1 aliphatic rings. The van der Waals surface area contributed by atoms with Crippen molar-refractivity contribution in [3.8, 4) is 0 Å². The Bertz CT molecular complexity index is 860. The highest BCUT2D eigenvalue weighted by Crippen LogP contribution is 2.18. The average molecular weight is 496 g/mol. The van der Waals surface area contributed by atoms with Crippen LogP contribution in [0.5, 0.6) is 0 Å². The number of guanidine groups is 1. The van der Waals surface area contributed by atoms with Crippen LogP contribution in [0.1, 0.15) is 28.1 Å². The summed E-state index contributed by atoms with van der Waals surface area (Å²) in [4.78, 5) is 18.7. The zero-order valence-corrected chi connectivity index (χ0v) is 19.3. The van der Waals surface area contributed by atoms with Gasteiger partial charge >= 0.3 is 0 Å².